The molecule has 0 N–H and O–H groups in total. The summed E-state index contributed by atoms with van der Waals surface area (Å²) in [4.78, 5) is 23.6. The molecule has 0 fully saturated rings. The number of aromatic nitrogens is 1. The van der Waals surface area contributed by atoms with Crippen LogP contribution in [0.1, 0.15) is 56.0 Å². The molecule has 0 bridgehead atoms. The van der Waals surface area contributed by atoms with Crippen LogP contribution in [0.2, 0.25) is 0 Å². The number of rotatable bonds is 9. The van der Waals surface area contributed by atoms with E-state index in [0.29, 0.717) is 25.1 Å². The van der Waals surface area contributed by atoms with Crippen molar-refractivity contribution in [2.24, 2.45) is 0 Å². The predicted octanol–water partition coefficient (Wildman–Crippen LogP) is 5.37. The van der Waals surface area contributed by atoms with Crippen molar-refractivity contribution < 1.29 is 23.8 Å². The van der Waals surface area contributed by atoms with Crippen molar-refractivity contribution in [1.82, 2.24) is 4.57 Å². The van der Waals surface area contributed by atoms with Gasteiger partial charge in [-0.05, 0) is 74.9 Å². The van der Waals surface area contributed by atoms with Gasteiger partial charge in [0, 0.05) is 24.7 Å². The van der Waals surface area contributed by atoms with E-state index in [-0.39, 0.29) is 11.9 Å². The molecule has 32 heavy (non-hydrogen) atoms. The molecule has 6 nitrogen and oxygen atoms in total. The van der Waals surface area contributed by atoms with E-state index in [1.54, 1.807) is 6.07 Å². The zero-order valence-electron chi connectivity index (χ0n) is 19.2. The second kappa shape index (κ2) is 10.4. The summed E-state index contributed by atoms with van der Waals surface area (Å²) in [6.45, 7) is 6.85. The molecular formula is C26H31NO5. The van der Waals surface area contributed by atoms with Gasteiger partial charge in [0.2, 0.25) is 0 Å². The molecular weight excluding hydrogens is 406 g/mol. The van der Waals surface area contributed by atoms with Gasteiger partial charge in [-0.25, -0.2) is 4.79 Å². The Hall–Kier alpha value is -3.28. The second-order valence-corrected chi connectivity index (χ2v) is 8.74. The van der Waals surface area contributed by atoms with Crippen molar-refractivity contribution >= 4 is 22.8 Å². The Morgan fingerprint density at radius 1 is 0.969 bits per heavy atom. The quantitative estimate of drug-likeness (QED) is 0.333. The van der Waals surface area contributed by atoms with Crippen LogP contribution in [0.15, 0.2) is 54.7 Å². The number of fused-ring (bicyclic) bond motifs is 1. The van der Waals surface area contributed by atoms with E-state index in [2.05, 4.69) is 4.57 Å². The van der Waals surface area contributed by atoms with Gasteiger partial charge in [-0.3, -0.25) is 4.79 Å². The minimum absolute atomic E-state index is 0.168. The molecule has 0 aliphatic carbocycles. The van der Waals surface area contributed by atoms with Gasteiger partial charge < -0.3 is 18.8 Å². The fraction of sp³-hybridized carbons (Fsp3) is 0.385. The van der Waals surface area contributed by atoms with Gasteiger partial charge >= 0.3 is 11.9 Å². The SMILES string of the molecule is COC(=O)c1ccc2ccn(Cc3ccc(OCCCCC(=O)OC(C)(C)C)cc3)c2c1. The van der Waals surface area contributed by atoms with E-state index in [0.717, 1.165) is 35.1 Å². The number of benzene rings is 2. The molecule has 0 radical (unpaired) electrons. The first-order valence-corrected chi connectivity index (χ1v) is 10.9. The van der Waals surface area contributed by atoms with Crippen LogP contribution in [-0.4, -0.2) is 35.8 Å². The van der Waals surface area contributed by atoms with Gasteiger partial charge in [-0.2, -0.15) is 0 Å². The Morgan fingerprint density at radius 3 is 2.41 bits per heavy atom. The van der Waals surface area contributed by atoms with E-state index < -0.39 is 5.60 Å². The Labute approximate surface area is 189 Å². The van der Waals surface area contributed by atoms with Crippen LogP contribution in [0.5, 0.6) is 5.75 Å². The Balaban J connectivity index is 1.50. The fourth-order valence-electron chi connectivity index (χ4n) is 3.41. The number of nitrogens with zero attached hydrogens (tertiary/aromatic N) is 1. The van der Waals surface area contributed by atoms with Gasteiger partial charge in [0.05, 0.1) is 19.3 Å². The normalized spacial score (nSPS) is 11.4. The molecule has 0 saturated heterocycles. The monoisotopic (exact) mass is 437 g/mol. The minimum atomic E-state index is -0.439. The van der Waals surface area contributed by atoms with Crippen LogP contribution in [0.25, 0.3) is 10.9 Å². The highest BCUT2D eigenvalue weighted by atomic mass is 16.6. The Morgan fingerprint density at radius 2 is 1.72 bits per heavy atom. The van der Waals surface area contributed by atoms with Gasteiger partial charge in [0.1, 0.15) is 11.4 Å². The summed E-state index contributed by atoms with van der Waals surface area (Å²) in [6, 6.07) is 15.6. The molecule has 0 spiro atoms. The molecule has 6 heteroatoms. The summed E-state index contributed by atoms with van der Waals surface area (Å²) < 4.78 is 18.0. The van der Waals surface area contributed by atoms with Crippen LogP contribution in [0.3, 0.4) is 0 Å². The van der Waals surface area contributed by atoms with Gasteiger partial charge in [-0.1, -0.05) is 18.2 Å². The minimum Gasteiger partial charge on any atom is -0.494 e. The van der Waals surface area contributed by atoms with Gasteiger partial charge in [0.15, 0.2) is 0 Å². The number of carbonyl (C=O) groups is 2. The van der Waals surface area contributed by atoms with Crippen LogP contribution in [0, 0.1) is 0 Å². The maximum absolute atomic E-state index is 11.8. The molecule has 1 aromatic heterocycles. The molecule has 0 saturated carbocycles. The summed E-state index contributed by atoms with van der Waals surface area (Å²) in [5.74, 6) is 0.293. The van der Waals surface area contributed by atoms with E-state index in [9.17, 15) is 9.59 Å². The standard InChI is InChI=1S/C26H31NO5/c1-26(2,3)32-24(28)7-5-6-16-31-22-12-8-19(9-13-22)18-27-15-14-20-10-11-21(17-23(20)27)25(29)30-4/h8-15,17H,5-7,16,18H2,1-4H3. The zero-order valence-corrected chi connectivity index (χ0v) is 19.2. The third-order valence-electron chi connectivity index (χ3n) is 4.94. The van der Waals surface area contributed by atoms with Crippen molar-refractivity contribution in [2.75, 3.05) is 13.7 Å². The van der Waals surface area contributed by atoms with Crippen molar-refractivity contribution in [3.63, 3.8) is 0 Å². The molecule has 170 valence electrons. The van der Waals surface area contributed by atoms with Crippen molar-refractivity contribution in [3.8, 4) is 5.75 Å². The largest absolute Gasteiger partial charge is 0.494 e. The molecule has 2 aromatic carbocycles. The molecule has 0 amide bonds. The second-order valence-electron chi connectivity index (χ2n) is 8.74. The summed E-state index contributed by atoms with van der Waals surface area (Å²) in [7, 11) is 1.39. The Bertz CT molecular complexity index is 1060. The highest BCUT2D eigenvalue weighted by Gasteiger charge is 2.15. The number of hydrogen-bond donors (Lipinski definition) is 0. The third-order valence-corrected chi connectivity index (χ3v) is 4.94. The lowest BCUT2D eigenvalue weighted by atomic mass is 10.1. The van der Waals surface area contributed by atoms with Crippen LogP contribution < -0.4 is 4.74 Å². The smallest absolute Gasteiger partial charge is 0.337 e. The average Bonchev–Trinajstić information content (AvgIpc) is 3.14. The molecule has 0 aliphatic heterocycles. The van der Waals surface area contributed by atoms with Crippen LogP contribution in [-0.2, 0) is 20.8 Å². The molecule has 1 heterocycles. The summed E-state index contributed by atoms with van der Waals surface area (Å²) >= 11 is 0. The molecule has 0 atom stereocenters. The average molecular weight is 438 g/mol. The topological polar surface area (TPSA) is 66.8 Å². The van der Waals surface area contributed by atoms with E-state index >= 15 is 0 Å². The van der Waals surface area contributed by atoms with Crippen molar-refractivity contribution in [2.45, 2.75) is 52.2 Å². The zero-order chi connectivity index (χ0) is 23.1. The van der Waals surface area contributed by atoms with Crippen molar-refractivity contribution in [1.29, 1.82) is 0 Å². The van der Waals surface area contributed by atoms with E-state index in [4.69, 9.17) is 14.2 Å². The number of unbranched alkanes of at least 4 members (excludes halogenated alkanes) is 1. The maximum Gasteiger partial charge on any atom is 0.337 e. The summed E-state index contributed by atoms with van der Waals surface area (Å²) in [5, 5.41) is 1.07. The molecule has 0 unspecified atom stereocenters. The number of ether oxygens (including phenoxy) is 3. The first kappa shape index (κ1) is 23.4. The van der Waals surface area contributed by atoms with Gasteiger partial charge in [-0.15, -0.1) is 0 Å². The number of hydrogen-bond acceptors (Lipinski definition) is 5. The van der Waals surface area contributed by atoms with Crippen LogP contribution in [0.4, 0.5) is 0 Å². The predicted molar refractivity (Wildman–Crippen MR) is 124 cm³/mol. The lowest BCUT2D eigenvalue weighted by molar-refractivity contribution is -0.154. The lowest BCUT2D eigenvalue weighted by Gasteiger charge is -2.19. The number of methoxy groups -OCH3 is 1. The maximum atomic E-state index is 11.8. The van der Waals surface area contributed by atoms with Crippen molar-refractivity contribution in [3.05, 3.63) is 65.9 Å². The fourth-order valence-corrected chi connectivity index (χ4v) is 3.41. The molecule has 3 aromatic rings. The third kappa shape index (κ3) is 6.61. The number of esters is 2. The summed E-state index contributed by atoms with van der Waals surface area (Å²) in [5.41, 5.74) is 2.21. The first-order chi connectivity index (χ1) is 15.2. The Kier molecular flexibility index (Phi) is 7.57. The number of carbonyl (C=O) groups excluding carboxylic acids is 2. The van der Waals surface area contributed by atoms with Crippen LogP contribution >= 0.6 is 0 Å². The molecule has 3 rings (SSSR count). The van der Waals surface area contributed by atoms with Gasteiger partial charge in [0.25, 0.3) is 0 Å². The summed E-state index contributed by atoms with van der Waals surface area (Å²) in [6.07, 6.45) is 3.95. The lowest BCUT2D eigenvalue weighted by Crippen LogP contribution is -2.23. The molecule has 0 aliphatic rings. The highest BCUT2D eigenvalue weighted by molar-refractivity contribution is 5.94. The highest BCUT2D eigenvalue weighted by Crippen LogP contribution is 2.21. The van der Waals surface area contributed by atoms with E-state index in [1.165, 1.54) is 7.11 Å². The first-order valence-electron chi connectivity index (χ1n) is 10.9. The van der Waals surface area contributed by atoms with E-state index in [1.807, 2.05) is 69.4 Å².